The van der Waals surface area contributed by atoms with Crippen LogP contribution in [0, 0.1) is 18.3 Å². The zero-order valence-electron chi connectivity index (χ0n) is 20.3. The monoisotopic (exact) mass is 529 g/mol. The molecule has 2 aliphatic heterocycles. The number of aliphatic hydroxyl groups excluding tert-OH is 2. The summed E-state index contributed by atoms with van der Waals surface area (Å²) in [5.41, 5.74) is 1.86. The van der Waals surface area contributed by atoms with Gasteiger partial charge in [-0.1, -0.05) is 24.3 Å². The Hall–Kier alpha value is -3.43. The van der Waals surface area contributed by atoms with E-state index >= 15 is 0 Å². The minimum absolute atomic E-state index is 0.0994. The Kier molecular flexibility index (Phi) is 7.85. The number of aromatic nitrogens is 3. The minimum Gasteiger partial charge on any atom is -0.400 e. The summed E-state index contributed by atoms with van der Waals surface area (Å²) in [5, 5.41) is 30.9. The van der Waals surface area contributed by atoms with Crippen molar-refractivity contribution >= 4 is 34.9 Å². The first-order chi connectivity index (χ1) is 17.8. The molecule has 4 heterocycles. The predicted octanol–water partition coefficient (Wildman–Crippen LogP) is 2.98. The Morgan fingerprint density at radius 2 is 1.97 bits per heavy atom. The van der Waals surface area contributed by atoms with E-state index in [4.69, 9.17) is 16.7 Å². The Labute approximate surface area is 217 Å². The van der Waals surface area contributed by atoms with Gasteiger partial charge in [-0.05, 0) is 25.2 Å². The number of hydrogen-bond acceptors (Lipinski definition) is 8. The molecule has 9 nitrogen and oxygen atoms in total. The maximum Gasteiger partial charge on any atom is 0.283 e. The Balaban J connectivity index is 0.00000156. The molecule has 12 heteroatoms. The maximum atomic E-state index is 13.7. The summed E-state index contributed by atoms with van der Waals surface area (Å²) in [6.07, 6.45) is 5.33. The van der Waals surface area contributed by atoms with E-state index in [-0.39, 0.29) is 23.4 Å². The SMILES string of the molecule is C=CN=C1C=C(Cl)C=C/C1=C\c1c(C)nc2c(C#N)c(C(F)F)nn2c1N1CC(N2CC(O)C2)C1.CO. The van der Waals surface area contributed by atoms with Crippen LogP contribution >= 0.6 is 11.6 Å². The van der Waals surface area contributed by atoms with Crippen LogP contribution in [0.25, 0.3) is 11.7 Å². The molecule has 37 heavy (non-hydrogen) atoms. The maximum absolute atomic E-state index is 13.7. The van der Waals surface area contributed by atoms with Gasteiger partial charge in [0, 0.05) is 61.7 Å². The third-order valence-electron chi connectivity index (χ3n) is 6.40. The number of halogens is 3. The van der Waals surface area contributed by atoms with E-state index in [1.807, 2.05) is 23.1 Å². The van der Waals surface area contributed by atoms with Gasteiger partial charge in [0.2, 0.25) is 0 Å². The lowest BCUT2D eigenvalue weighted by molar-refractivity contribution is -0.0313. The first-order valence-corrected chi connectivity index (χ1v) is 11.9. The number of aryl methyl sites for hydroxylation is 1. The average molecular weight is 530 g/mol. The number of anilines is 1. The lowest BCUT2D eigenvalue weighted by Crippen LogP contribution is -2.67. The standard InChI is InChI=1S/C24H22ClF2N7O.CH4O/c1-3-29-20-7-15(25)5-4-14(20)6-18-13(2)30-23-19(8-28)21(22(26)27)31-34(23)24(18)33-9-16(10-33)32-11-17(35)12-32;1-2/h3-7,16-17,22,35H,1,9-12H2,2H3;2H,1H3/b14-6+,29-20?;. The molecule has 0 aromatic carbocycles. The molecule has 0 amide bonds. The van der Waals surface area contributed by atoms with Crippen molar-refractivity contribution in [2.45, 2.75) is 25.5 Å². The highest BCUT2D eigenvalue weighted by molar-refractivity contribution is 6.35. The molecular weight excluding hydrogens is 504 g/mol. The molecule has 194 valence electrons. The first kappa shape index (κ1) is 26.6. The predicted molar refractivity (Wildman–Crippen MR) is 138 cm³/mol. The molecule has 0 spiro atoms. The van der Waals surface area contributed by atoms with Gasteiger partial charge in [-0.2, -0.15) is 14.9 Å². The number of allylic oxidation sites excluding steroid dienone is 5. The molecule has 2 fully saturated rings. The van der Waals surface area contributed by atoms with E-state index < -0.39 is 12.1 Å². The Morgan fingerprint density at radius 1 is 1.27 bits per heavy atom. The molecule has 0 atom stereocenters. The summed E-state index contributed by atoms with van der Waals surface area (Å²) in [5.74, 6) is 0.577. The number of likely N-dealkylation sites (tertiary alicyclic amines) is 1. The molecule has 1 aliphatic carbocycles. The average Bonchev–Trinajstić information content (AvgIpc) is 3.19. The molecule has 3 aliphatic rings. The van der Waals surface area contributed by atoms with Crippen LogP contribution in [-0.4, -0.2) is 80.9 Å². The van der Waals surface area contributed by atoms with Crippen LogP contribution in [0.3, 0.4) is 0 Å². The molecule has 0 bridgehead atoms. The van der Waals surface area contributed by atoms with Crippen LogP contribution in [0.2, 0.25) is 0 Å². The lowest BCUT2D eigenvalue weighted by Gasteiger charge is -2.51. The van der Waals surface area contributed by atoms with Crippen molar-refractivity contribution in [2.75, 3.05) is 38.2 Å². The van der Waals surface area contributed by atoms with Crippen molar-refractivity contribution in [3.05, 3.63) is 64.1 Å². The largest absolute Gasteiger partial charge is 0.400 e. The third kappa shape index (κ3) is 4.93. The first-order valence-electron chi connectivity index (χ1n) is 11.5. The number of nitrogens with zero attached hydrogens (tertiary/aromatic N) is 7. The molecule has 0 unspecified atom stereocenters. The number of aliphatic imine (C=N–C) groups is 1. The van der Waals surface area contributed by atoms with Gasteiger partial charge in [0.25, 0.3) is 6.43 Å². The second-order valence-electron chi connectivity index (χ2n) is 8.67. The Morgan fingerprint density at radius 3 is 2.57 bits per heavy atom. The second kappa shape index (κ2) is 10.9. The summed E-state index contributed by atoms with van der Waals surface area (Å²) in [6, 6.07) is 2.08. The highest BCUT2D eigenvalue weighted by Gasteiger charge is 2.40. The van der Waals surface area contributed by atoms with Crippen molar-refractivity contribution < 1.29 is 19.0 Å². The Bertz CT molecular complexity index is 1380. The van der Waals surface area contributed by atoms with Crippen LogP contribution in [-0.2, 0) is 0 Å². The molecule has 2 N–H and O–H groups in total. The van der Waals surface area contributed by atoms with E-state index in [1.54, 1.807) is 19.1 Å². The number of fused-ring (bicyclic) bond motifs is 1. The zero-order valence-corrected chi connectivity index (χ0v) is 21.1. The number of rotatable bonds is 5. The fourth-order valence-electron chi connectivity index (χ4n) is 4.55. The summed E-state index contributed by atoms with van der Waals surface area (Å²) in [4.78, 5) is 13.0. The van der Waals surface area contributed by atoms with E-state index in [0.29, 0.717) is 54.0 Å². The van der Waals surface area contributed by atoms with Gasteiger partial charge in [0.1, 0.15) is 23.1 Å². The van der Waals surface area contributed by atoms with Crippen LogP contribution in [0.15, 0.2) is 46.6 Å². The van der Waals surface area contributed by atoms with Gasteiger partial charge in [-0.15, -0.1) is 0 Å². The highest BCUT2D eigenvalue weighted by atomic mass is 35.5. The van der Waals surface area contributed by atoms with Gasteiger partial charge in [-0.25, -0.2) is 13.8 Å². The normalized spacial score (nSPS) is 20.5. The van der Waals surface area contributed by atoms with Crippen LogP contribution in [0.4, 0.5) is 14.6 Å². The summed E-state index contributed by atoms with van der Waals surface area (Å²) in [7, 11) is 1.00. The van der Waals surface area contributed by atoms with E-state index in [0.717, 1.165) is 12.7 Å². The van der Waals surface area contributed by atoms with Crippen LogP contribution in [0.5, 0.6) is 0 Å². The minimum atomic E-state index is -2.91. The van der Waals surface area contributed by atoms with E-state index in [9.17, 15) is 19.1 Å². The number of aliphatic hydroxyl groups is 2. The van der Waals surface area contributed by atoms with Crippen molar-refractivity contribution in [2.24, 2.45) is 4.99 Å². The quantitative estimate of drug-likeness (QED) is 0.612. The fraction of sp³-hybridized carbons (Fsp3) is 0.360. The fourth-order valence-corrected chi connectivity index (χ4v) is 4.72. The van der Waals surface area contributed by atoms with Crippen molar-refractivity contribution in [3.8, 4) is 6.07 Å². The molecule has 2 aromatic heterocycles. The topological polar surface area (TPSA) is 113 Å². The number of nitriles is 1. The zero-order chi connectivity index (χ0) is 26.9. The van der Waals surface area contributed by atoms with Gasteiger partial charge in [-0.3, -0.25) is 9.89 Å². The number of hydrogen-bond donors (Lipinski definition) is 2. The second-order valence-corrected chi connectivity index (χ2v) is 9.10. The molecule has 2 saturated heterocycles. The molecule has 0 saturated carbocycles. The number of alkyl halides is 2. The smallest absolute Gasteiger partial charge is 0.283 e. The lowest BCUT2D eigenvalue weighted by atomic mass is 9.98. The van der Waals surface area contributed by atoms with Gasteiger partial charge >= 0.3 is 0 Å². The van der Waals surface area contributed by atoms with E-state index in [1.165, 1.54) is 10.7 Å². The molecule has 2 aromatic rings. The van der Waals surface area contributed by atoms with Crippen molar-refractivity contribution in [1.82, 2.24) is 19.5 Å². The van der Waals surface area contributed by atoms with Gasteiger partial charge < -0.3 is 15.1 Å². The van der Waals surface area contributed by atoms with Crippen LogP contribution in [0.1, 0.15) is 28.9 Å². The van der Waals surface area contributed by atoms with Crippen LogP contribution < -0.4 is 4.90 Å². The van der Waals surface area contributed by atoms with Gasteiger partial charge in [0.05, 0.1) is 17.5 Å². The molecular formula is C25H26ClF2N7O2. The third-order valence-corrected chi connectivity index (χ3v) is 6.64. The van der Waals surface area contributed by atoms with Crippen molar-refractivity contribution in [3.63, 3.8) is 0 Å². The van der Waals surface area contributed by atoms with E-state index in [2.05, 4.69) is 26.6 Å². The van der Waals surface area contributed by atoms with Gasteiger partial charge in [0.15, 0.2) is 5.65 Å². The van der Waals surface area contributed by atoms with Crippen molar-refractivity contribution in [1.29, 1.82) is 5.26 Å². The molecule has 0 radical (unpaired) electrons. The summed E-state index contributed by atoms with van der Waals surface area (Å²) >= 11 is 6.15. The molecule has 5 rings (SSSR count). The summed E-state index contributed by atoms with van der Waals surface area (Å²) < 4.78 is 28.8. The summed E-state index contributed by atoms with van der Waals surface area (Å²) in [6.45, 7) is 7.93. The highest BCUT2D eigenvalue weighted by Crippen LogP contribution is 2.35. The number of β-amino-alcohol motifs (C(OH)–C–C–N with tert-alkyl or cyclic N) is 1.